The van der Waals surface area contributed by atoms with Gasteiger partial charge in [0, 0.05) is 19.5 Å². The highest BCUT2D eigenvalue weighted by Gasteiger charge is 2.65. The minimum atomic E-state index is -4.47. The summed E-state index contributed by atoms with van der Waals surface area (Å²) in [5, 5.41) is 9.06. The lowest BCUT2D eigenvalue weighted by molar-refractivity contribution is -0.154. The van der Waals surface area contributed by atoms with Gasteiger partial charge < -0.3 is 14.1 Å². The molecule has 2 amide bonds. The van der Waals surface area contributed by atoms with Gasteiger partial charge in [0.1, 0.15) is 11.6 Å². The van der Waals surface area contributed by atoms with Crippen LogP contribution in [-0.4, -0.2) is 65.3 Å². The standard InChI is InChI=1S/C21H33N5O8S/c1-5-6-11-22-33-35(29,30)34-26-15-13-25(19(26)28)14(12-21(15)9-10-21)18-24-23-16(31-18)7-8-17(27)32-20(2,3)4/h14-15,22H,5-13H2,1-4H3/t14-,15-/m0/s1. The summed E-state index contributed by atoms with van der Waals surface area (Å²) in [6, 6.07) is -1.53. The lowest BCUT2D eigenvalue weighted by atomic mass is 9.85. The third-order valence-electron chi connectivity index (χ3n) is 6.36. The van der Waals surface area contributed by atoms with Crippen LogP contribution in [-0.2, 0) is 34.9 Å². The second-order valence-electron chi connectivity index (χ2n) is 10.3. The van der Waals surface area contributed by atoms with E-state index in [1.807, 2.05) is 6.92 Å². The molecule has 1 N–H and O–H groups in total. The number of carbonyl (C=O) groups is 2. The van der Waals surface area contributed by atoms with Gasteiger partial charge in [-0.15, -0.1) is 14.5 Å². The number of hydrogen-bond acceptors (Lipinski definition) is 11. The van der Waals surface area contributed by atoms with Crippen molar-refractivity contribution in [1.29, 1.82) is 0 Å². The molecule has 14 heteroatoms. The maximum absolute atomic E-state index is 13.1. The van der Waals surface area contributed by atoms with Crippen LogP contribution < -0.4 is 5.48 Å². The summed E-state index contributed by atoms with van der Waals surface area (Å²) in [5.41, 5.74) is 1.48. The third kappa shape index (κ3) is 5.93. The maximum Gasteiger partial charge on any atom is 0.437 e. The van der Waals surface area contributed by atoms with Gasteiger partial charge in [-0.25, -0.2) is 4.79 Å². The Morgan fingerprint density at radius 1 is 1.29 bits per heavy atom. The molecule has 35 heavy (non-hydrogen) atoms. The van der Waals surface area contributed by atoms with E-state index in [2.05, 4.69) is 20.0 Å². The number of carbonyl (C=O) groups excluding carboxylic acids is 2. The normalized spacial score (nSPS) is 23.3. The van der Waals surface area contributed by atoms with E-state index in [9.17, 15) is 18.0 Å². The summed E-state index contributed by atoms with van der Waals surface area (Å²) in [6.45, 7) is 7.95. The van der Waals surface area contributed by atoms with Crippen LogP contribution in [0.1, 0.15) is 84.0 Å². The van der Waals surface area contributed by atoms with E-state index in [0.29, 0.717) is 13.0 Å². The minimum absolute atomic E-state index is 0.0873. The Kier molecular flexibility index (Phi) is 7.10. The number of piperidine rings is 1. The molecule has 0 unspecified atom stereocenters. The average Bonchev–Trinajstić information content (AvgIpc) is 3.26. The Morgan fingerprint density at radius 3 is 2.69 bits per heavy atom. The zero-order valence-electron chi connectivity index (χ0n) is 20.5. The van der Waals surface area contributed by atoms with Crippen LogP contribution in [0.25, 0.3) is 0 Å². The summed E-state index contributed by atoms with van der Waals surface area (Å²) in [4.78, 5) is 26.6. The topological polar surface area (TPSA) is 153 Å². The molecule has 1 aromatic heterocycles. The van der Waals surface area contributed by atoms with Crippen molar-refractivity contribution in [2.45, 2.75) is 90.3 Å². The van der Waals surface area contributed by atoms with Crippen LogP contribution in [0.15, 0.2) is 4.42 Å². The highest BCUT2D eigenvalue weighted by molar-refractivity contribution is 7.81. The minimum Gasteiger partial charge on any atom is -0.460 e. The predicted octanol–water partition coefficient (Wildman–Crippen LogP) is 2.17. The second-order valence-corrected chi connectivity index (χ2v) is 11.4. The van der Waals surface area contributed by atoms with Gasteiger partial charge in [0.15, 0.2) is 0 Å². The van der Waals surface area contributed by atoms with Crippen LogP contribution in [0, 0.1) is 5.41 Å². The Balaban J connectivity index is 1.41. The van der Waals surface area contributed by atoms with Gasteiger partial charge in [0.2, 0.25) is 11.8 Å². The average molecular weight is 516 g/mol. The van der Waals surface area contributed by atoms with Crippen LogP contribution in [0.4, 0.5) is 4.79 Å². The monoisotopic (exact) mass is 515 g/mol. The fourth-order valence-corrected chi connectivity index (χ4v) is 5.14. The molecular formula is C21H33N5O8S. The van der Waals surface area contributed by atoms with Crippen molar-refractivity contribution in [3.63, 3.8) is 0 Å². The first-order valence-electron chi connectivity index (χ1n) is 11.9. The first kappa shape index (κ1) is 25.8. The van der Waals surface area contributed by atoms with Gasteiger partial charge in [0.25, 0.3) is 0 Å². The van der Waals surface area contributed by atoms with Crippen molar-refractivity contribution in [1.82, 2.24) is 25.6 Å². The van der Waals surface area contributed by atoms with Crippen molar-refractivity contribution < 1.29 is 35.7 Å². The molecule has 2 aliphatic heterocycles. The first-order chi connectivity index (χ1) is 16.4. The molecule has 13 nitrogen and oxygen atoms in total. The zero-order valence-corrected chi connectivity index (χ0v) is 21.3. The molecule has 1 saturated carbocycles. The number of rotatable bonds is 11. The van der Waals surface area contributed by atoms with Gasteiger partial charge in [-0.3, -0.25) is 4.79 Å². The molecule has 0 aromatic carbocycles. The number of fused-ring (bicyclic) bond motifs is 3. The number of nitrogens with one attached hydrogen (secondary N) is 1. The number of urea groups is 1. The number of amides is 2. The predicted molar refractivity (Wildman–Crippen MR) is 119 cm³/mol. The first-order valence-corrected chi connectivity index (χ1v) is 13.3. The van der Waals surface area contributed by atoms with Gasteiger partial charge in [-0.2, -0.15) is 23.2 Å². The van der Waals surface area contributed by atoms with E-state index in [1.54, 1.807) is 20.8 Å². The van der Waals surface area contributed by atoms with Gasteiger partial charge in [0.05, 0.1) is 12.5 Å². The number of aryl methyl sites for hydroxylation is 1. The van der Waals surface area contributed by atoms with Crippen molar-refractivity contribution in [3.8, 4) is 0 Å². The molecule has 3 fully saturated rings. The Morgan fingerprint density at radius 2 is 2.03 bits per heavy atom. The van der Waals surface area contributed by atoms with Crippen LogP contribution in [0.3, 0.4) is 0 Å². The second kappa shape index (κ2) is 9.64. The zero-order chi connectivity index (χ0) is 25.4. The van der Waals surface area contributed by atoms with Crippen molar-refractivity contribution >= 4 is 22.4 Å². The Labute approximate surface area is 204 Å². The molecule has 196 valence electrons. The molecule has 2 bridgehead atoms. The molecule has 1 aromatic rings. The number of unbranched alkanes of at least 4 members (excludes halogenated alkanes) is 1. The van der Waals surface area contributed by atoms with E-state index in [1.165, 1.54) is 4.90 Å². The maximum atomic E-state index is 13.1. The Hall–Kier alpha value is -2.29. The lowest BCUT2D eigenvalue weighted by Gasteiger charge is -2.34. The molecule has 3 aliphatic rings. The molecule has 2 saturated heterocycles. The smallest absolute Gasteiger partial charge is 0.437 e. The highest BCUT2D eigenvalue weighted by atomic mass is 32.3. The molecule has 2 atom stereocenters. The van der Waals surface area contributed by atoms with E-state index in [0.717, 1.165) is 30.7 Å². The molecule has 1 aliphatic carbocycles. The SMILES string of the molecule is CCCCNOS(=O)(=O)ON1C(=O)N2C[C@H]1C1(CC1)C[C@H]2c1nnc(CCC(=O)OC(C)(C)C)o1. The number of aromatic nitrogens is 2. The van der Waals surface area contributed by atoms with Crippen molar-refractivity contribution in [3.05, 3.63) is 11.8 Å². The van der Waals surface area contributed by atoms with E-state index in [4.69, 9.17) is 13.4 Å². The Bertz CT molecular complexity index is 1050. The van der Waals surface area contributed by atoms with E-state index in [-0.39, 0.29) is 42.6 Å². The third-order valence-corrected chi connectivity index (χ3v) is 7.02. The largest absolute Gasteiger partial charge is 0.460 e. The summed E-state index contributed by atoms with van der Waals surface area (Å²) in [6.07, 6.45) is 4.09. The van der Waals surface area contributed by atoms with Crippen LogP contribution in [0.2, 0.25) is 0 Å². The highest BCUT2D eigenvalue weighted by Crippen LogP contribution is 2.61. The van der Waals surface area contributed by atoms with Gasteiger partial charge in [-0.05, 0) is 51.9 Å². The number of esters is 1. The fraction of sp³-hybridized carbons (Fsp3) is 0.810. The quantitative estimate of drug-likeness (QED) is 0.262. The summed E-state index contributed by atoms with van der Waals surface area (Å²) in [5.74, 6) is 0.154. The number of hydrogen-bond donors (Lipinski definition) is 1. The summed E-state index contributed by atoms with van der Waals surface area (Å²) in [7, 11) is -4.47. The number of nitrogens with zero attached hydrogens (tertiary/aromatic N) is 4. The lowest BCUT2D eigenvalue weighted by Crippen LogP contribution is -2.43. The van der Waals surface area contributed by atoms with Crippen molar-refractivity contribution in [2.75, 3.05) is 13.1 Å². The molecular weight excluding hydrogens is 482 g/mol. The molecule has 3 heterocycles. The molecule has 0 radical (unpaired) electrons. The number of ether oxygens (including phenoxy) is 1. The summed E-state index contributed by atoms with van der Waals surface area (Å²) >= 11 is 0. The van der Waals surface area contributed by atoms with Gasteiger partial charge in [-0.1, -0.05) is 13.3 Å². The van der Waals surface area contributed by atoms with E-state index < -0.39 is 34.1 Å². The molecule has 4 rings (SSSR count). The van der Waals surface area contributed by atoms with E-state index >= 15 is 0 Å². The fourth-order valence-electron chi connectivity index (χ4n) is 4.52. The van der Waals surface area contributed by atoms with Crippen LogP contribution >= 0.6 is 0 Å². The van der Waals surface area contributed by atoms with Crippen molar-refractivity contribution in [2.24, 2.45) is 5.41 Å². The number of hydroxylamine groups is 3. The summed E-state index contributed by atoms with van der Waals surface area (Å²) < 4.78 is 45.4. The molecule has 1 spiro atoms. The van der Waals surface area contributed by atoms with Gasteiger partial charge >= 0.3 is 22.4 Å². The van der Waals surface area contributed by atoms with Crippen LogP contribution in [0.5, 0.6) is 0 Å².